The molecular weight excluding hydrogens is 339 g/mol. The van der Waals surface area contributed by atoms with Gasteiger partial charge < -0.3 is 10.4 Å². The van der Waals surface area contributed by atoms with Gasteiger partial charge in [0.2, 0.25) is 0 Å². The summed E-state index contributed by atoms with van der Waals surface area (Å²) in [5.74, 6) is -1.49. The Balaban J connectivity index is 2.23. The largest absolute Gasteiger partial charge is 0.481 e. The molecule has 1 aromatic rings. The number of hydrogen-bond acceptors (Lipinski definition) is 3. The van der Waals surface area contributed by atoms with Crippen LogP contribution in [0.3, 0.4) is 0 Å². The summed E-state index contributed by atoms with van der Waals surface area (Å²) < 4.78 is 0. The zero-order valence-corrected chi connectivity index (χ0v) is 13.4. The summed E-state index contributed by atoms with van der Waals surface area (Å²) >= 11 is 17.6. The molecule has 0 bridgehead atoms. The fourth-order valence-electron chi connectivity index (χ4n) is 2.48. The average molecular weight is 352 g/mol. The fraction of sp³-hybridized carbons (Fsp3) is 0.462. The van der Waals surface area contributed by atoms with Crippen LogP contribution in [-0.2, 0) is 4.79 Å². The minimum Gasteiger partial charge on any atom is -0.481 e. The first-order valence-corrected chi connectivity index (χ1v) is 7.44. The molecule has 2 unspecified atom stereocenters. The Bertz CT molecular complexity index is 609. The smallest absolute Gasteiger partial charge is 0.311 e. The highest BCUT2D eigenvalue weighted by Gasteiger charge is 2.46. The van der Waals surface area contributed by atoms with Crippen LogP contribution in [0.1, 0.15) is 36.7 Å². The molecular formula is C13H13Cl3N2O3. The zero-order chi connectivity index (χ0) is 15.8. The van der Waals surface area contributed by atoms with E-state index in [1.807, 2.05) is 0 Å². The van der Waals surface area contributed by atoms with Gasteiger partial charge in [-0.05, 0) is 19.8 Å². The highest BCUT2D eigenvalue weighted by molar-refractivity contribution is 6.48. The van der Waals surface area contributed by atoms with Crippen LogP contribution in [-0.4, -0.2) is 28.0 Å². The van der Waals surface area contributed by atoms with Gasteiger partial charge in [0.05, 0.1) is 20.5 Å². The number of carbonyl (C=O) groups excluding carboxylic acids is 1. The van der Waals surface area contributed by atoms with Gasteiger partial charge >= 0.3 is 5.97 Å². The van der Waals surface area contributed by atoms with Crippen LogP contribution in [0.5, 0.6) is 0 Å². The van der Waals surface area contributed by atoms with Crippen molar-refractivity contribution in [1.82, 2.24) is 10.3 Å². The molecule has 0 aromatic carbocycles. The molecule has 1 fully saturated rings. The summed E-state index contributed by atoms with van der Waals surface area (Å²) in [5.41, 5.74) is -1.05. The lowest BCUT2D eigenvalue weighted by atomic mass is 9.85. The highest BCUT2D eigenvalue weighted by Crippen LogP contribution is 2.38. The summed E-state index contributed by atoms with van der Waals surface area (Å²) in [6.07, 6.45) is 3.06. The van der Waals surface area contributed by atoms with E-state index in [2.05, 4.69) is 10.3 Å². The number of carboxylic acids is 1. The topological polar surface area (TPSA) is 79.3 Å². The van der Waals surface area contributed by atoms with Crippen molar-refractivity contribution in [3.63, 3.8) is 0 Å². The minimum absolute atomic E-state index is 0.0447. The van der Waals surface area contributed by atoms with Crippen molar-refractivity contribution in [3.05, 3.63) is 27.0 Å². The van der Waals surface area contributed by atoms with E-state index in [1.165, 1.54) is 6.20 Å². The van der Waals surface area contributed by atoms with Gasteiger partial charge in [0.25, 0.3) is 5.91 Å². The molecule has 1 aromatic heterocycles. The number of aromatic nitrogens is 1. The number of nitrogens with one attached hydrogen (secondary N) is 1. The molecule has 2 N–H and O–H groups in total. The Morgan fingerprint density at radius 2 is 2.05 bits per heavy atom. The van der Waals surface area contributed by atoms with Crippen LogP contribution in [0, 0.1) is 5.41 Å². The van der Waals surface area contributed by atoms with Crippen molar-refractivity contribution in [2.45, 2.75) is 32.2 Å². The van der Waals surface area contributed by atoms with E-state index >= 15 is 0 Å². The molecule has 1 aliphatic rings. The summed E-state index contributed by atoms with van der Waals surface area (Å²) in [6.45, 7) is 1.62. The van der Waals surface area contributed by atoms with Crippen molar-refractivity contribution in [2.75, 3.05) is 0 Å². The molecule has 21 heavy (non-hydrogen) atoms. The lowest BCUT2D eigenvalue weighted by molar-refractivity contribution is -0.148. The zero-order valence-electron chi connectivity index (χ0n) is 11.1. The fourth-order valence-corrected chi connectivity index (χ4v) is 3.05. The summed E-state index contributed by atoms with van der Waals surface area (Å²) in [6, 6.07) is -0.477. The molecule has 0 aliphatic heterocycles. The second kappa shape index (κ2) is 5.99. The van der Waals surface area contributed by atoms with E-state index in [0.717, 1.165) is 6.42 Å². The SMILES string of the molecule is CC1(C(=O)O)CCCC1NC(=O)c1ncc(Cl)c(Cl)c1Cl. The Morgan fingerprint density at radius 3 is 2.67 bits per heavy atom. The lowest BCUT2D eigenvalue weighted by Gasteiger charge is -2.27. The van der Waals surface area contributed by atoms with Crippen LogP contribution >= 0.6 is 34.8 Å². The monoisotopic (exact) mass is 350 g/mol. The van der Waals surface area contributed by atoms with Crippen molar-refractivity contribution in [3.8, 4) is 0 Å². The van der Waals surface area contributed by atoms with Crippen LogP contribution in [0.25, 0.3) is 0 Å². The third-order valence-electron chi connectivity index (χ3n) is 3.88. The Hall–Kier alpha value is -1.04. The molecule has 1 heterocycles. The standard InChI is InChI=1S/C13H13Cl3N2O3/c1-13(12(20)21)4-2-3-7(13)18-11(19)10-9(16)8(15)6(14)5-17-10/h5,7H,2-4H2,1H3,(H,18,19)(H,20,21). The number of carboxylic acid groups (broad SMARTS) is 1. The van der Waals surface area contributed by atoms with Gasteiger partial charge in [0.1, 0.15) is 5.69 Å². The van der Waals surface area contributed by atoms with Gasteiger partial charge in [0, 0.05) is 12.2 Å². The van der Waals surface area contributed by atoms with Gasteiger partial charge in [-0.15, -0.1) is 0 Å². The third kappa shape index (κ3) is 2.96. The van der Waals surface area contributed by atoms with Crippen LogP contribution < -0.4 is 5.32 Å². The molecule has 5 nitrogen and oxygen atoms in total. The second-order valence-electron chi connectivity index (χ2n) is 5.22. The number of aliphatic carboxylic acids is 1. The summed E-state index contributed by atoms with van der Waals surface area (Å²) in [7, 11) is 0. The van der Waals surface area contributed by atoms with Crippen molar-refractivity contribution in [2.24, 2.45) is 5.41 Å². The van der Waals surface area contributed by atoms with Crippen molar-refractivity contribution < 1.29 is 14.7 Å². The second-order valence-corrected chi connectivity index (χ2v) is 6.39. The molecule has 114 valence electrons. The van der Waals surface area contributed by atoms with E-state index in [0.29, 0.717) is 12.8 Å². The van der Waals surface area contributed by atoms with Crippen LogP contribution in [0.15, 0.2) is 6.20 Å². The molecule has 1 aliphatic carbocycles. The van der Waals surface area contributed by atoms with Crippen molar-refractivity contribution in [1.29, 1.82) is 0 Å². The summed E-state index contributed by atoms with van der Waals surface area (Å²) in [5, 5.41) is 12.2. The van der Waals surface area contributed by atoms with Crippen LogP contribution in [0.4, 0.5) is 0 Å². The highest BCUT2D eigenvalue weighted by atomic mass is 35.5. The molecule has 0 saturated heterocycles. The molecule has 8 heteroatoms. The maximum atomic E-state index is 12.2. The predicted octanol–water partition coefficient (Wildman–Crippen LogP) is 3.42. The average Bonchev–Trinajstić information content (AvgIpc) is 2.79. The molecule has 1 amide bonds. The van der Waals surface area contributed by atoms with Gasteiger partial charge in [-0.25, -0.2) is 4.98 Å². The first-order valence-electron chi connectivity index (χ1n) is 6.31. The third-order valence-corrected chi connectivity index (χ3v) is 5.12. The predicted molar refractivity (Wildman–Crippen MR) is 80.1 cm³/mol. The van der Waals surface area contributed by atoms with Gasteiger partial charge in [-0.3, -0.25) is 9.59 Å². The van der Waals surface area contributed by atoms with E-state index in [-0.39, 0.29) is 20.8 Å². The molecule has 2 atom stereocenters. The Morgan fingerprint density at radius 1 is 1.38 bits per heavy atom. The number of halogens is 3. The molecule has 1 saturated carbocycles. The number of hydrogen-bond donors (Lipinski definition) is 2. The number of pyridine rings is 1. The number of rotatable bonds is 3. The number of nitrogens with zero attached hydrogens (tertiary/aromatic N) is 1. The molecule has 0 radical (unpaired) electrons. The van der Waals surface area contributed by atoms with E-state index < -0.39 is 23.3 Å². The molecule has 0 spiro atoms. The Labute approximate surface area is 136 Å². The first kappa shape index (κ1) is 16.3. The van der Waals surface area contributed by atoms with Gasteiger partial charge in [0.15, 0.2) is 0 Å². The summed E-state index contributed by atoms with van der Waals surface area (Å²) in [4.78, 5) is 27.5. The normalized spacial score (nSPS) is 24.9. The van der Waals surface area contributed by atoms with Gasteiger partial charge in [-0.1, -0.05) is 41.2 Å². The van der Waals surface area contributed by atoms with E-state index in [9.17, 15) is 14.7 Å². The number of carbonyl (C=O) groups is 2. The molecule has 2 rings (SSSR count). The quantitative estimate of drug-likeness (QED) is 0.874. The van der Waals surface area contributed by atoms with Crippen LogP contribution in [0.2, 0.25) is 15.1 Å². The van der Waals surface area contributed by atoms with E-state index in [4.69, 9.17) is 34.8 Å². The first-order chi connectivity index (χ1) is 9.77. The van der Waals surface area contributed by atoms with Gasteiger partial charge in [-0.2, -0.15) is 0 Å². The number of amides is 1. The maximum Gasteiger partial charge on any atom is 0.311 e. The van der Waals surface area contributed by atoms with Crippen molar-refractivity contribution >= 4 is 46.7 Å². The Kier molecular flexibility index (Phi) is 4.66. The maximum absolute atomic E-state index is 12.2. The minimum atomic E-state index is -0.988. The van der Waals surface area contributed by atoms with E-state index in [1.54, 1.807) is 6.92 Å². The lowest BCUT2D eigenvalue weighted by Crippen LogP contribution is -2.47.